The van der Waals surface area contributed by atoms with Crippen molar-refractivity contribution in [1.82, 2.24) is 5.43 Å². The van der Waals surface area contributed by atoms with E-state index < -0.39 is 6.03 Å². The fourth-order valence-corrected chi connectivity index (χ4v) is 3.36. The molecular formula is C11H19N3O. The fraction of sp³-hybridized carbons (Fsp3) is 0.818. The zero-order valence-corrected chi connectivity index (χ0v) is 9.58. The molecule has 2 amide bonds. The quantitative estimate of drug-likeness (QED) is 0.634. The minimum atomic E-state index is -0.575. The molecular weight excluding hydrogens is 190 g/mol. The Kier molecular flexibility index (Phi) is 2.24. The first-order valence-electron chi connectivity index (χ1n) is 5.55. The fourth-order valence-electron chi connectivity index (χ4n) is 3.36. The maximum Gasteiger partial charge on any atom is 0.332 e. The maximum absolute atomic E-state index is 10.6. The monoisotopic (exact) mass is 209 g/mol. The summed E-state index contributed by atoms with van der Waals surface area (Å²) in [7, 11) is 0. The van der Waals surface area contributed by atoms with Gasteiger partial charge in [0.25, 0.3) is 0 Å². The topological polar surface area (TPSA) is 67.5 Å². The maximum atomic E-state index is 10.6. The van der Waals surface area contributed by atoms with Crippen LogP contribution < -0.4 is 11.2 Å². The summed E-state index contributed by atoms with van der Waals surface area (Å²) < 4.78 is 0. The Balaban J connectivity index is 2.14. The standard InChI is InChI=1S/C11H19N3O/c1-6-4-9(13-14-10(12)15)8-5-7(6)11(8,2)3/h6-8H,4-5H2,1-3H3,(H3,12,14,15)/b13-9-/t6-,7-,8-/m0/s1. The number of fused-ring (bicyclic) bond motifs is 2. The van der Waals surface area contributed by atoms with Crippen molar-refractivity contribution in [2.45, 2.75) is 33.6 Å². The molecule has 3 N–H and O–H groups in total. The van der Waals surface area contributed by atoms with Gasteiger partial charge in [-0.25, -0.2) is 10.2 Å². The molecule has 3 saturated carbocycles. The number of nitrogens with one attached hydrogen (secondary N) is 1. The largest absolute Gasteiger partial charge is 0.350 e. The van der Waals surface area contributed by atoms with Crippen LogP contribution >= 0.6 is 0 Å². The van der Waals surface area contributed by atoms with Gasteiger partial charge in [-0.1, -0.05) is 20.8 Å². The molecule has 3 rings (SSSR count). The number of primary amides is 1. The van der Waals surface area contributed by atoms with E-state index in [1.165, 1.54) is 6.42 Å². The van der Waals surface area contributed by atoms with Crippen LogP contribution in [0.1, 0.15) is 33.6 Å². The SMILES string of the molecule is C[C@H]1C/C(=N/NC(N)=O)[C@@H]2C[C@@H]1C2(C)C. The molecule has 4 nitrogen and oxygen atoms in total. The Hall–Kier alpha value is -1.06. The van der Waals surface area contributed by atoms with E-state index in [-0.39, 0.29) is 0 Å². The summed E-state index contributed by atoms with van der Waals surface area (Å²) in [6.45, 7) is 6.85. The number of hydrazone groups is 1. The van der Waals surface area contributed by atoms with Gasteiger partial charge >= 0.3 is 6.03 Å². The van der Waals surface area contributed by atoms with Crippen molar-refractivity contribution in [3.63, 3.8) is 0 Å². The molecule has 84 valence electrons. The smallest absolute Gasteiger partial charge is 0.332 e. The lowest BCUT2D eigenvalue weighted by Crippen LogP contribution is -2.56. The Morgan fingerprint density at radius 2 is 2.27 bits per heavy atom. The molecule has 0 spiro atoms. The summed E-state index contributed by atoms with van der Waals surface area (Å²) in [5.41, 5.74) is 8.83. The minimum absolute atomic E-state index is 0.343. The van der Waals surface area contributed by atoms with Gasteiger partial charge in [0.05, 0.1) is 0 Å². The highest BCUT2D eigenvalue weighted by atomic mass is 16.2. The second kappa shape index (κ2) is 3.22. The predicted molar refractivity (Wildman–Crippen MR) is 59.3 cm³/mol. The van der Waals surface area contributed by atoms with Crippen molar-refractivity contribution in [2.75, 3.05) is 0 Å². The summed E-state index contributed by atoms with van der Waals surface area (Å²) in [5.74, 6) is 2.01. The van der Waals surface area contributed by atoms with Gasteiger partial charge in [-0.2, -0.15) is 5.10 Å². The van der Waals surface area contributed by atoms with Crippen LogP contribution in [0.15, 0.2) is 5.10 Å². The Labute approximate surface area is 90.3 Å². The normalized spacial score (nSPS) is 39.7. The highest BCUT2D eigenvalue weighted by Gasteiger charge is 2.56. The highest BCUT2D eigenvalue weighted by molar-refractivity contribution is 5.91. The van der Waals surface area contributed by atoms with Crippen molar-refractivity contribution in [1.29, 1.82) is 0 Å². The number of hydrogen-bond acceptors (Lipinski definition) is 2. The van der Waals surface area contributed by atoms with Crippen LogP contribution in [-0.2, 0) is 0 Å². The molecule has 3 aliphatic carbocycles. The molecule has 0 aliphatic heterocycles. The second-order valence-electron chi connectivity index (χ2n) is 5.48. The molecule has 3 aliphatic rings. The summed E-state index contributed by atoms with van der Waals surface area (Å²) in [5, 5.41) is 4.14. The third kappa shape index (κ3) is 1.52. The average molecular weight is 209 g/mol. The van der Waals surface area contributed by atoms with Crippen molar-refractivity contribution < 1.29 is 4.79 Å². The lowest BCUT2D eigenvalue weighted by molar-refractivity contribution is -0.0342. The number of urea groups is 1. The van der Waals surface area contributed by atoms with E-state index in [2.05, 4.69) is 31.3 Å². The molecule has 0 heterocycles. The molecule has 15 heavy (non-hydrogen) atoms. The number of carbonyl (C=O) groups is 1. The van der Waals surface area contributed by atoms with Gasteiger partial charge in [-0.05, 0) is 30.1 Å². The van der Waals surface area contributed by atoms with Crippen LogP contribution in [0, 0.1) is 23.2 Å². The van der Waals surface area contributed by atoms with E-state index in [1.54, 1.807) is 0 Å². The van der Waals surface area contributed by atoms with E-state index in [0.29, 0.717) is 17.3 Å². The highest BCUT2D eigenvalue weighted by Crippen LogP contribution is 2.59. The van der Waals surface area contributed by atoms with E-state index >= 15 is 0 Å². The lowest BCUT2D eigenvalue weighted by atomic mass is 9.45. The van der Waals surface area contributed by atoms with Crippen LogP contribution in [0.4, 0.5) is 4.79 Å². The number of carbonyl (C=O) groups excluding carboxylic acids is 1. The van der Waals surface area contributed by atoms with Gasteiger partial charge in [-0.3, -0.25) is 0 Å². The van der Waals surface area contributed by atoms with Gasteiger partial charge in [0, 0.05) is 11.6 Å². The van der Waals surface area contributed by atoms with Crippen molar-refractivity contribution in [3.8, 4) is 0 Å². The summed E-state index contributed by atoms with van der Waals surface area (Å²) in [6.07, 6.45) is 2.21. The zero-order chi connectivity index (χ0) is 11.2. The number of nitrogens with zero attached hydrogens (tertiary/aromatic N) is 1. The molecule has 0 radical (unpaired) electrons. The Morgan fingerprint density at radius 1 is 1.60 bits per heavy atom. The molecule has 3 fully saturated rings. The lowest BCUT2D eigenvalue weighted by Gasteiger charge is -2.59. The zero-order valence-electron chi connectivity index (χ0n) is 9.58. The van der Waals surface area contributed by atoms with Gasteiger partial charge < -0.3 is 5.73 Å². The Bertz CT molecular complexity index is 322. The van der Waals surface area contributed by atoms with Gasteiger partial charge in [0.1, 0.15) is 0 Å². The van der Waals surface area contributed by atoms with Crippen LogP contribution in [0.3, 0.4) is 0 Å². The number of rotatable bonds is 1. The van der Waals surface area contributed by atoms with Crippen LogP contribution in [0.5, 0.6) is 0 Å². The predicted octanol–water partition coefficient (Wildman–Crippen LogP) is 1.71. The third-order valence-electron chi connectivity index (χ3n) is 4.27. The van der Waals surface area contributed by atoms with Gasteiger partial charge in [0.15, 0.2) is 0 Å². The minimum Gasteiger partial charge on any atom is -0.350 e. The molecule has 0 aromatic heterocycles. The first-order valence-corrected chi connectivity index (χ1v) is 5.55. The number of nitrogens with two attached hydrogens (primary N) is 1. The van der Waals surface area contributed by atoms with Crippen LogP contribution in [0.25, 0.3) is 0 Å². The molecule has 3 atom stereocenters. The summed E-state index contributed by atoms with van der Waals surface area (Å²) in [4.78, 5) is 10.6. The number of hydrogen-bond donors (Lipinski definition) is 2. The van der Waals surface area contributed by atoms with Crippen molar-refractivity contribution in [3.05, 3.63) is 0 Å². The van der Waals surface area contributed by atoms with E-state index in [4.69, 9.17) is 5.73 Å². The Morgan fingerprint density at radius 3 is 2.73 bits per heavy atom. The first kappa shape index (κ1) is 10.5. The van der Waals surface area contributed by atoms with E-state index in [1.807, 2.05) is 0 Å². The third-order valence-corrected chi connectivity index (χ3v) is 4.27. The molecule has 0 unspecified atom stereocenters. The second-order valence-corrected chi connectivity index (χ2v) is 5.48. The molecule has 4 heteroatoms. The number of amides is 2. The molecule has 0 aromatic carbocycles. The molecule has 0 aromatic rings. The summed E-state index contributed by atoms with van der Waals surface area (Å²) >= 11 is 0. The van der Waals surface area contributed by atoms with Crippen LogP contribution in [-0.4, -0.2) is 11.7 Å². The van der Waals surface area contributed by atoms with Crippen molar-refractivity contribution in [2.24, 2.45) is 34.0 Å². The van der Waals surface area contributed by atoms with Gasteiger partial charge in [0.2, 0.25) is 0 Å². The molecule has 2 bridgehead atoms. The van der Waals surface area contributed by atoms with Crippen LogP contribution in [0.2, 0.25) is 0 Å². The first-order chi connectivity index (χ1) is 6.93. The molecule has 0 saturated heterocycles. The van der Waals surface area contributed by atoms with E-state index in [9.17, 15) is 4.79 Å². The van der Waals surface area contributed by atoms with Crippen molar-refractivity contribution >= 4 is 11.7 Å². The van der Waals surface area contributed by atoms with E-state index in [0.717, 1.165) is 18.1 Å². The summed E-state index contributed by atoms with van der Waals surface area (Å²) in [6, 6.07) is -0.575. The van der Waals surface area contributed by atoms with Gasteiger partial charge in [-0.15, -0.1) is 0 Å². The average Bonchev–Trinajstić information content (AvgIpc) is 2.13.